The van der Waals surface area contributed by atoms with Gasteiger partial charge in [-0.2, -0.15) is 4.31 Å². The van der Waals surface area contributed by atoms with Gasteiger partial charge >= 0.3 is 5.97 Å². The summed E-state index contributed by atoms with van der Waals surface area (Å²) in [5.41, 5.74) is 5.81. The highest BCUT2D eigenvalue weighted by Crippen LogP contribution is 2.31. The Morgan fingerprint density at radius 1 is 1.36 bits per heavy atom. The number of rotatable bonds is 3. The molecule has 0 amide bonds. The highest BCUT2D eigenvalue weighted by Gasteiger charge is 2.37. The molecule has 0 radical (unpaired) electrons. The second-order valence-corrected chi connectivity index (χ2v) is 7.05. The highest BCUT2D eigenvalue weighted by molar-refractivity contribution is 7.89. The molecule has 1 unspecified atom stereocenters. The summed E-state index contributed by atoms with van der Waals surface area (Å²) >= 11 is 0. The predicted octanol–water partition coefficient (Wildman–Crippen LogP) is 1.22. The number of hydrogen-bond acceptors (Lipinski definition) is 6. The van der Waals surface area contributed by atoms with Crippen LogP contribution in [0, 0.1) is 13.8 Å². The molecule has 2 N–H and O–H groups in total. The molecule has 1 aromatic rings. The number of carbonyl (C=O) groups excluding carboxylic acids is 1. The van der Waals surface area contributed by atoms with Gasteiger partial charge in [0.15, 0.2) is 0 Å². The molecule has 22 heavy (non-hydrogen) atoms. The second kappa shape index (κ2) is 6.99. The van der Waals surface area contributed by atoms with Crippen LogP contribution in [0.15, 0.2) is 9.31 Å². The third-order valence-electron chi connectivity index (χ3n) is 3.61. The van der Waals surface area contributed by atoms with Gasteiger partial charge in [0.2, 0.25) is 10.0 Å². The van der Waals surface area contributed by atoms with Gasteiger partial charge in [-0.15, -0.1) is 12.4 Å². The van der Waals surface area contributed by atoms with Crippen molar-refractivity contribution in [3.8, 4) is 0 Å². The number of nitrogens with zero attached hydrogens (tertiary/aromatic N) is 1. The van der Waals surface area contributed by atoms with Crippen molar-refractivity contribution < 1.29 is 22.4 Å². The molecule has 126 valence electrons. The Morgan fingerprint density at radius 3 is 2.55 bits per heavy atom. The molecule has 7 nitrogen and oxygen atoms in total. The monoisotopic (exact) mass is 352 g/mol. The predicted molar refractivity (Wildman–Crippen MR) is 82.7 cm³/mol. The molecule has 0 bridgehead atoms. The Labute approximate surface area is 136 Å². The minimum Gasteiger partial charge on any atom is -0.465 e. The Kier molecular flexibility index (Phi) is 6.03. The molecular weight excluding hydrogens is 332 g/mol. The first kappa shape index (κ1) is 19.0. The third kappa shape index (κ3) is 3.29. The number of ether oxygens (including phenoxy) is 1. The van der Waals surface area contributed by atoms with Crippen LogP contribution in [-0.4, -0.2) is 44.9 Å². The van der Waals surface area contributed by atoms with Crippen LogP contribution in [0.1, 0.15) is 34.7 Å². The molecule has 9 heteroatoms. The van der Waals surface area contributed by atoms with E-state index in [1.165, 1.54) is 18.3 Å². The van der Waals surface area contributed by atoms with Crippen LogP contribution < -0.4 is 5.73 Å². The average Bonchev–Trinajstić information content (AvgIpc) is 2.73. The van der Waals surface area contributed by atoms with Gasteiger partial charge in [0.1, 0.15) is 22.0 Å². The summed E-state index contributed by atoms with van der Waals surface area (Å²) in [4.78, 5) is 11.8. The summed E-state index contributed by atoms with van der Waals surface area (Å²) in [6.45, 7) is 3.70. The number of sulfonamides is 1. The van der Waals surface area contributed by atoms with Gasteiger partial charge in [0.05, 0.1) is 7.11 Å². The summed E-state index contributed by atoms with van der Waals surface area (Å²) in [7, 11) is -2.63. The van der Waals surface area contributed by atoms with E-state index in [1.807, 2.05) is 0 Å². The number of carbonyl (C=O) groups is 1. The molecule has 1 fully saturated rings. The zero-order valence-electron chi connectivity index (χ0n) is 12.8. The molecule has 1 aliphatic rings. The van der Waals surface area contributed by atoms with Crippen LogP contribution in [-0.2, 0) is 14.8 Å². The lowest BCUT2D eigenvalue weighted by Gasteiger charge is -2.29. The van der Waals surface area contributed by atoms with Gasteiger partial charge < -0.3 is 14.9 Å². The van der Waals surface area contributed by atoms with E-state index in [-0.39, 0.29) is 47.0 Å². The third-order valence-corrected chi connectivity index (χ3v) is 5.63. The van der Waals surface area contributed by atoms with Gasteiger partial charge in [0, 0.05) is 19.1 Å². The topological polar surface area (TPSA) is 103 Å². The smallest absolute Gasteiger partial charge is 0.342 e. The van der Waals surface area contributed by atoms with Gasteiger partial charge in [0.25, 0.3) is 0 Å². The summed E-state index contributed by atoms with van der Waals surface area (Å²) in [6, 6.07) is -0.191. The van der Waals surface area contributed by atoms with Crippen molar-refractivity contribution >= 4 is 28.4 Å². The number of piperidine rings is 1. The first-order valence-electron chi connectivity index (χ1n) is 6.73. The summed E-state index contributed by atoms with van der Waals surface area (Å²) in [5.74, 6) is -0.296. The number of nitrogens with two attached hydrogens (primary N) is 1. The maximum Gasteiger partial charge on any atom is 0.342 e. The molecule has 0 aromatic carbocycles. The Balaban J connectivity index is 0.00000242. The van der Waals surface area contributed by atoms with Crippen molar-refractivity contribution in [2.75, 3.05) is 20.2 Å². The maximum atomic E-state index is 12.8. The quantitative estimate of drug-likeness (QED) is 0.820. The van der Waals surface area contributed by atoms with Crippen molar-refractivity contribution in [1.82, 2.24) is 4.31 Å². The molecule has 0 aliphatic carbocycles. The van der Waals surface area contributed by atoms with Gasteiger partial charge in [-0.25, -0.2) is 13.2 Å². The van der Waals surface area contributed by atoms with Crippen LogP contribution in [0.4, 0.5) is 0 Å². The van der Waals surface area contributed by atoms with E-state index in [0.29, 0.717) is 13.0 Å². The normalized spacial score (nSPS) is 19.5. The number of halogens is 1. The molecule has 2 rings (SSSR count). The van der Waals surface area contributed by atoms with E-state index in [1.54, 1.807) is 6.92 Å². The van der Waals surface area contributed by atoms with Gasteiger partial charge in [-0.05, 0) is 26.7 Å². The van der Waals surface area contributed by atoms with Gasteiger partial charge in [-0.3, -0.25) is 0 Å². The maximum absolute atomic E-state index is 12.8. The molecule has 1 aliphatic heterocycles. The second-order valence-electron chi connectivity index (χ2n) is 5.18. The van der Waals surface area contributed by atoms with Crippen LogP contribution in [0.5, 0.6) is 0 Å². The van der Waals surface area contributed by atoms with Crippen molar-refractivity contribution in [3.63, 3.8) is 0 Å². The summed E-state index contributed by atoms with van der Waals surface area (Å²) in [6.07, 6.45) is 1.49. The highest BCUT2D eigenvalue weighted by atomic mass is 35.5. The van der Waals surface area contributed by atoms with E-state index in [4.69, 9.17) is 10.2 Å². The molecule has 0 saturated carbocycles. The number of hydrogen-bond donors (Lipinski definition) is 1. The molecule has 2 heterocycles. The lowest BCUT2D eigenvalue weighted by atomic mass is 10.1. The van der Waals surface area contributed by atoms with Crippen LogP contribution in [0.2, 0.25) is 0 Å². The molecule has 1 aromatic heterocycles. The number of aryl methyl sites for hydroxylation is 2. The van der Waals surface area contributed by atoms with E-state index in [9.17, 15) is 13.2 Å². The van der Waals surface area contributed by atoms with Gasteiger partial charge in [-0.1, -0.05) is 0 Å². The standard InChI is InChI=1S/C13H20N2O5S.ClH/c1-8-11(13(16)19-3)12(9(2)20-8)21(17,18)15-6-4-5-10(14)7-15;/h10H,4-7,14H2,1-3H3;1H. The fourth-order valence-electron chi connectivity index (χ4n) is 2.63. The minimum atomic E-state index is -3.83. The number of furan rings is 1. The van der Waals surface area contributed by atoms with E-state index in [2.05, 4.69) is 4.74 Å². The van der Waals surface area contributed by atoms with E-state index < -0.39 is 16.0 Å². The lowest BCUT2D eigenvalue weighted by Crippen LogP contribution is -2.45. The van der Waals surface area contributed by atoms with Crippen molar-refractivity contribution in [1.29, 1.82) is 0 Å². The fourth-order valence-corrected chi connectivity index (χ4v) is 4.54. The Hall–Kier alpha value is -1.09. The summed E-state index contributed by atoms with van der Waals surface area (Å²) < 4.78 is 36.9. The van der Waals surface area contributed by atoms with Crippen LogP contribution in [0.3, 0.4) is 0 Å². The molecule has 0 spiro atoms. The first-order valence-corrected chi connectivity index (χ1v) is 8.17. The van der Waals surface area contributed by atoms with Crippen molar-refractivity contribution in [2.45, 2.75) is 37.6 Å². The molecule has 1 atom stereocenters. The zero-order chi connectivity index (χ0) is 15.8. The van der Waals surface area contributed by atoms with E-state index in [0.717, 1.165) is 6.42 Å². The zero-order valence-corrected chi connectivity index (χ0v) is 14.4. The fraction of sp³-hybridized carbons (Fsp3) is 0.615. The largest absolute Gasteiger partial charge is 0.465 e. The van der Waals surface area contributed by atoms with Crippen LogP contribution in [0.25, 0.3) is 0 Å². The van der Waals surface area contributed by atoms with Crippen molar-refractivity contribution in [3.05, 3.63) is 17.1 Å². The van der Waals surface area contributed by atoms with Crippen LogP contribution >= 0.6 is 12.4 Å². The Morgan fingerprint density at radius 2 is 2.00 bits per heavy atom. The average molecular weight is 353 g/mol. The first-order chi connectivity index (χ1) is 9.78. The lowest BCUT2D eigenvalue weighted by molar-refractivity contribution is 0.0594. The van der Waals surface area contributed by atoms with E-state index >= 15 is 0 Å². The van der Waals surface area contributed by atoms with Crippen molar-refractivity contribution in [2.24, 2.45) is 5.73 Å². The summed E-state index contributed by atoms with van der Waals surface area (Å²) in [5, 5.41) is 0. The molecule has 1 saturated heterocycles. The SMILES string of the molecule is COC(=O)c1c(C)oc(C)c1S(=O)(=O)N1CCCC(N)C1.Cl. The number of methoxy groups -OCH3 is 1. The minimum absolute atomic E-state index is 0. The number of esters is 1. The Bertz CT molecular complexity index is 656. The molecular formula is C13H21ClN2O5S.